The third-order valence-electron chi connectivity index (χ3n) is 2.82. The van der Waals surface area contributed by atoms with Crippen molar-refractivity contribution in [2.75, 3.05) is 5.32 Å². The van der Waals surface area contributed by atoms with Gasteiger partial charge in [-0.3, -0.25) is 4.79 Å². The van der Waals surface area contributed by atoms with Crippen LogP contribution < -0.4 is 11.1 Å². The molecule has 0 fully saturated rings. The molecular weight excluding hydrogens is 258 g/mol. The predicted octanol–water partition coefficient (Wildman–Crippen LogP) is 2.88. The monoisotopic (exact) mass is 275 g/mol. The molecule has 4 nitrogen and oxygen atoms in total. The minimum atomic E-state index is -0.0745. The van der Waals surface area contributed by atoms with Gasteiger partial charge in [0.1, 0.15) is 5.01 Å². The number of aromatic nitrogens is 1. The van der Waals surface area contributed by atoms with Crippen LogP contribution in [0.1, 0.15) is 19.8 Å². The van der Waals surface area contributed by atoms with Crippen LogP contribution in [0.5, 0.6) is 0 Å². The van der Waals surface area contributed by atoms with Crippen LogP contribution in [-0.4, -0.2) is 16.9 Å². The molecule has 1 aromatic heterocycles. The highest BCUT2D eigenvalue weighted by molar-refractivity contribution is 7.13. The molecule has 1 atom stereocenters. The summed E-state index contributed by atoms with van der Waals surface area (Å²) in [5.74, 6) is -0.0450. The van der Waals surface area contributed by atoms with Crippen molar-refractivity contribution in [2.45, 2.75) is 25.8 Å². The van der Waals surface area contributed by atoms with Crippen LogP contribution in [0.3, 0.4) is 0 Å². The number of carbonyl (C=O) groups excluding carboxylic acids is 1. The second-order valence-electron chi connectivity index (χ2n) is 4.34. The van der Waals surface area contributed by atoms with Crippen molar-refractivity contribution in [2.24, 2.45) is 5.73 Å². The smallest absolute Gasteiger partial charge is 0.225 e. The van der Waals surface area contributed by atoms with E-state index in [4.69, 9.17) is 5.73 Å². The van der Waals surface area contributed by atoms with E-state index in [9.17, 15) is 4.79 Å². The Hall–Kier alpha value is -1.72. The molecule has 2 rings (SSSR count). The Morgan fingerprint density at radius 3 is 2.74 bits per heavy atom. The third kappa shape index (κ3) is 3.87. The molecule has 1 unspecified atom stereocenters. The second kappa shape index (κ2) is 6.45. The summed E-state index contributed by atoms with van der Waals surface area (Å²) in [5.41, 5.74) is 7.59. The van der Waals surface area contributed by atoms with Gasteiger partial charge in [0.25, 0.3) is 0 Å². The molecule has 0 aliphatic heterocycles. The number of nitrogens with zero attached hydrogens (tertiary/aromatic N) is 1. The van der Waals surface area contributed by atoms with Gasteiger partial charge in [-0.15, -0.1) is 11.3 Å². The average molecular weight is 275 g/mol. The second-order valence-corrected chi connectivity index (χ2v) is 5.23. The van der Waals surface area contributed by atoms with Gasteiger partial charge >= 0.3 is 0 Å². The lowest BCUT2D eigenvalue weighted by atomic mass is 10.1. The van der Waals surface area contributed by atoms with Gasteiger partial charge in [-0.25, -0.2) is 4.98 Å². The van der Waals surface area contributed by atoms with Gasteiger partial charge in [-0.1, -0.05) is 6.92 Å². The summed E-state index contributed by atoms with van der Waals surface area (Å²) in [7, 11) is 0. The summed E-state index contributed by atoms with van der Waals surface area (Å²) in [4.78, 5) is 15.9. The Bertz CT molecular complexity index is 522. The molecule has 2 aromatic rings. The Kier molecular flexibility index (Phi) is 4.65. The van der Waals surface area contributed by atoms with E-state index in [1.165, 1.54) is 0 Å². The first-order chi connectivity index (χ1) is 9.19. The first kappa shape index (κ1) is 13.7. The van der Waals surface area contributed by atoms with E-state index < -0.39 is 0 Å². The normalized spacial score (nSPS) is 12.1. The lowest BCUT2D eigenvalue weighted by Crippen LogP contribution is -2.26. The van der Waals surface area contributed by atoms with E-state index in [0.717, 1.165) is 22.7 Å². The third-order valence-corrected chi connectivity index (χ3v) is 3.64. The number of rotatable bonds is 5. The van der Waals surface area contributed by atoms with E-state index >= 15 is 0 Å². The SMILES string of the molecule is CCC(N)CC(=O)Nc1ccc(-c2nccs2)cc1. The topological polar surface area (TPSA) is 68.0 Å². The van der Waals surface area contributed by atoms with Crippen molar-refractivity contribution in [3.05, 3.63) is 35.8 Å². The molecule has 0 aliphatic rings. The van der Waals surface area contributed by atoms with Crippen LogP contribution in [-0.2, 0) is 4.79 Å². The minimum Gasteiger partial charge on any atom is -0.327 e. The predicted molar refractivity (Wildman–Crippen MR) is 79.1 cm³/mol. The Morgan fingerprint density at radius 2 is 2.16 bits per heavy atom. The van der Waals surface area contributed by atoms with Crippen LogP contribution in [0, 0.1) is 0 Å². The van der Waals surface area contributed by atoms with Crippen molar-refractivity contribution >= 4 is 22.9 Å². The zero-order valence-corrected chi connectivity index (χ0v) is 11.6. The summed E-state index contributed by atoms with van der Waals surface area (Å²) in [6.45, 7) is 1.97. The number of nitrogens with two attached hydrogens (primary N) is 1. The zero-order valence-electron chi connectivity index (χ0n) is 10.8. The molecule has 0 radical (unpaired) electrons. The highest BCUT2D eigenvalue weighted by atomic mass is 32.1. The lowest BCUT2D eigenvalue weighted by Gasteiger charge is -2.09. The van der Waals surface area contributed by atoms with E-state index in [1.807, 2.05) is 36.6 Å². The number of hydrogen-bond acceptors (Lipinski definition) is 4. The fourth-order valence-electron chi connectivity index (χ4n) is 1.66. The molecule has 0 saturated heterocycles. The number of amides is 1. The van der Waals surface area contributed by atoms with Gasteiger partial charge < -0.3 is 11.1 Å². The van der Waals surface area contributed by atoms with E-state index in [2.05, 4.69) is 10.3 Å². The Balaban J connectivity index is 1.97. The van der Waals surface area contributed by atoms with E-state index in [-0.39, 0.29) is 11.9 Å². The largest absolute Gasteiger partial charge is 0.327 e. The van der Waals surface area contributed by atoms with E-state index in [0.29, 0.717) is 6.42 Å². The Labute approximate surface area is 116 Å². The van der Waals surface area contributed by atoms with Crippen molar-refractivity contribution in [3.63, 3.8) is 0 Å². The van der Waals surface area contributed by atoms with E-state index in [1.54, 1.807) is 17.5 Å². The number of anilines is 1. The zero-order chi connectivity index (χ0) is 13.7. The fraction of sp³-hybridized carbons (Fsp3) is 0.286. The number of carbonyl (C=O) groups is 1. The molecule has 19 heavy (non-hydrogen) atoms. The summed E-state index contributed by atoms with van der Waals surface area (Å²) >= 11 is 1.59. The van der Waals surface area contributed by atoms with Crippen LogP contribution in [0.2, 0.25) is 0 Å². The molecule has 5 heteroatoms. The molecule has 0 saturated carbocycles. The number of nitrogens with one attached hydrogen (secondary N) is 1. The van der Waals surface area contributed by atoms with Crippen LogP contribution in [0.25, 0.3) is 10.6 Å². The van der Waals surface area contributed by atoms with Gasteiger partial charge in [-0.05, 0) is 30.7 Å². The van der Waals surface area contributed by atoms with Crippen molar-refractivity contribution < 1.29 is 4.79 Å². The van der Waals surface area contributed by atoms with Crippen LogP contribution in [0.15, 0.2) is 35.8 Å². The maximum atomic E-state index is 11.7. The van der Waals surface area contributed by atoms with Gasteiger partial charge in [0, 0.05) is 35.3 Å². The van der Waals surface area contributed by atoms with Gasteiger partial charge in [0.15, 0.2) is 0 Å². The molecule has 0 aliphatic carbocycles. The highest BCUT2D eigenvalue weighted by Crippen LogP contribution is 2.23. The average Bonchev–Trinajstić information content (AvgIpc) is 2.93. The summed E-state index contributed by atoms with van der Waals surface area (Å²) in [6.07, 6.45) is 2.93. The Morgan fingerprint density at radius 1 is 1.42 bits per heavy atom. The highest BCUT2D eigenvalue weighted by Gasteiger charge is 2.08. The lowest BCUT2D eigenvalue weighted by molar-refractivity contribution is -0.116. The standard InChI is InChI=1S/C14H17N3OS/c1-2-11(15)9-13(18)17-12-5-3-10(4-6-12)14-16-7-8-19-14/h3-8,11H,2,9,15H2,1H3,(H,17,18). The quantitative estimate of drug-likeness (QED) is 0.881. The summed E-state index contributed by atoms with van der Waals surface area (Å²) in [6, 6.07) is 7.59. The molecule has 1 heterocycles. The number of thiazole rings is 1. The summed E-state index contributed by atoms with van der Waals surface area (Å²) < 4.78 is 0. The molecular formula is C14H17N3OS. The minimum absolute atomic E-state index is 0.0450. The summed E-state index contributed by atoms with van der Waals surface area (Å²) in [5, 5.41) is 5.76. The number of hydrogen-bond donors (Lipinski definition) is 2. The molecule has 0 bridgehead atoms. The van der Waals surface area contributed by atoms with Crippen molar-refractivity contribution in [1.82, 2.24) is 4.98 Å². The van der Waals surface area contributed by atoms with Gasteiger partial charge in [0.2, 0.25) is 5.91 Å². The molecule has 100 valence electrons. The van der Waals surface area contributed by atoms with Crippen molar-refractivity contribution in [3.8, 4) is 10.6 Å². The maximum Gasteiger partial charge on any atom is 0.225 e. The molecule has 1 amide bonds. The molecule has 1 aromatic carbocycles. The van der Waals surface area contributed by atoms with Gasteiger partial charge in [0.05, 0.1) is 0 Å². The first-order valence-corrected chi connectivity index (χ1v) is 7.12. The molecule has 0 spiro atoms. The van der Waals surface area contributed by atoms with Crippen LogP contribution >= 0.6 is 11.3 Å². The maximum absolute atomic E-state index is 11.7. The first-order valence-electron chi connectivity index (χ1n) is 6.24. The van der Waals surface area contributed by atoms with Crippen LogP contribution in [0.4, 0.5) is 5.69 Å². The number of benzene rings is 1. The van der Waals surface area contributed by atoms with Gasteiger partial charge in [-0.2, -0.15) is 0 Å². The molecule has 3 N–H and O–H groups in total. The van der Waals surface area contributed by atoms with Crippen molar-refractivity contribution in [1.29, 1.82) is 0 Å². The fourth-order valence-corrected chi connectivity index (χ4v) is 2.30.